The SMILES string of the molecule is COC(=O)N/C(C(=O)OC)=C(\Br)[C@@H](OC(C)=O)[C@H](O[Si](C)(C)C(C)(C)C)[C@@H]1CN1C(=O)OCc1ccccc1. The zero-order valence-electron chi connectivity index (χ0n) is 23.5. The molecule has 1 saturated heterocycles. The van der Waals surface area contributed by atoms with Gasteiger partial charge in [-0.1, -0.05) is 51.1 Å². The van der Waals surface area contributed by atoms with Crippen molar-refractivity contribution in [3.8, 4) is 0 Å². The van der Waals surface area contributed by atoms with Gasteiger partial charge in [-0.2, -0.15) is 0 Å². The van der Waals surface area contributed by atoms with E-state index < -0.39 is 50.7 Å². The highest BCUT2D eigenvalue weighted by Crippen LogP contribution is 2.42. The maximum absolute atomic E-state index is 12.9. The molecule has 3 atom stereocenters. The van der Waals surface area contributed by atoms with Crippen LogP contribution in [0.3, 0.4) is 0 Å². The van der Waals surface area contributed by atoms with Gasteiger partial charge < -0.3 is 23.4 Å². The van der Waals surface area contributed by atoms with E-state index in [-0.39, 0.29) is 28.4 Å². The molecule has 216 valence electrons. The van der Waals surface area contributed by atoms with Crippen LogP contribution in [-0.2, 0) is 39.6 Å². The molecule has 13 heteroatoms. The maximum Gasteiger partial charge on any atom is 0.411 e. The summed E-state index contributed by atoms with van der Waals surface area (Å²) in [6.07, 6.45) is -3.63. The Kier molecular flexibility index (Phi) is 11.1. The fourth-order valence-electron chi connectivity index (χ4n) is 3.35. The Balaban J connectivity index is 2.48. The summed E-state index contributed by atoms with van der Waals surface area (Å²) in [7, 11) is -0.267. The van der Waals surface area contributed by atoms with Crippen LogP contribution in [0.5, 0.6) is 0 Å². The highest BCUT2D eigenvalue weighted by Gasteiger charge is 2.54. The van der Waals surface area contributed by atoms with Crippen LogP contribution in [0.2, 0.25) is 18.1 Å². The molecule has 0 bridgehead atoms. The number of hydrogen-bond donors (Lipinski definition) is 1. The molecule has 0 aromatic heterocycles. The van der Waals surface area contributed by atoms with Crippen LogP contribution in [0, 0.1) is 0 Å². The van der Waals surface area contributed by atoms with Gasteiger partial charge in [0.15, 0.2) is 14.4 Å². The van der Waals surface area contributed by atoms with Gasteiger partial charge in [0, 0.05) is 13.5 Å². The number of alkyl carbamates (subject to hydrolysis) is 1. The molecule has 0 spiro atoms. The second-order valence-electron chi connectivity index (χ2n) is 10.5. The van der Waals surface area contributed by atoms with Gasteiger partial charge in [0.1, 0.15) is 18.4 Å². The van der Waals surface area contributed by atoms with Crippen molar-refractivity contribution in [3.05, 3.63) is 46.1 Å². The number of ether oxygens (including phenoxy) is 4. The monoisotopic (exact) mass is 628 g/mol. The van der Waals surface area contributed by atoms with Gasteiger partial charge in [-0.3, -0.25) is 15.0 Å². The number of nitrogens with zero attached hydrogens (tertiary/aromatic N) is 1. The molecule has 0 saturated carbocycles. The summed E-state index contributed by atoms with van der Waals surface area (Å²) in [5.74, 6) is -1.58. The minimum Gasteiger partial charge on any atom is -0.464 e. The summed E-state index contributed by atoms with van der Waals surface area (Å²) in [5, 5.41) is 2.06. The lowest BCUT2D eigenvalue weighted by molar-refractivity contribution is -0.149. The van der Waals surface area contributed by atoms with E-state index in [0.29, 0.717) is 0 Å². The molecule has 0 aliphatic carbocycles. The van der Waals surface area contributed by atoms with Crippen LogP contribution >= 0.6 is 15.9 Å². The predicted molar refractivity (Wildman–Crippen MR) is 148 cm³/mol. The average Bonchev–Trinajstić information content (AvgIpc) is 3.67. The molecule has 1 aliphatic rings. The third-order valence-corrected chi connectivity index (χ3v) is 11.9. The molecule has 2 amide bonds. The van der Waals surface area contributed by atoms with Gasteiger partial charge in [0.05, 0.1) is 24.7 Å². The number of carbonyl (C=O) groups is 4. The predicted octanol–water partition coefficient (Wildman–Crippen LogP) is 4.47. The molecule has 1 fully saturated rings. The molecule has 0 radical (unpaired) electrons. The third kappa shape index (κ3) is 8.80. The van der Waals surface area contributed by atoms with Crippen molar-refractivity contribution in [2.24, 2.45) is 0 Å². The number of nitrogens with one attached hydrogen (secondary N) is 1. The summed E-state index contributed by atoms with van der Waals surface area (Å²) >= 11 is 3.34. The van der Waals surface area contributed by atoms with Gasteiger partial charge in [-0.25, -0.2) is 14.4 Å². The van der Waals surface area contributed by atoms with Gasteiger partial charge in [0.25, 0.3) is 0 Å². The smallest absolute Gasteiger partial charge is 0.411 e. The lowest BCUT2D eigenvalue weighted by atomic mass is 10.1. The minimum absolute atomic E-state index is 0.0110. The van der Waals surface area contributed by atoms with E-state index in [1.54, 1.807) is 0 Å². The molecular formula is C26H37BrN2O9Si. The van der Waals surface area contributed by atoms with Gasteiger partial charge in [0.2, 0.25) is 0 Å². The first-order valence-corrected chi connectivity index (χ1v) is 16.0. The number of esters is 2. The van der Waals surface area contributed by atoms with E-state index in [4.69, 9.17) is 18.6 Å². The Morgan fingerprint density at radius 3 is 2.23 bits per heavy atom. The lowest BCUT2D eigenvalue weighted by Gasteiger charge is -2.41. The Morgan fingerprint density at radius 2 is 1.72 bits per heavy atom. The highest BCUT2D eigenvalue weighted by atomic mass is 79.9. The van der Waals surface area contributed by atoms with E-state index in [9.17, 15) is 19.2 Å². The van der Waals surface area contributed by atoms with Crippen LogP contribution in [-0.4, -0.2) is 76.4 Å². The number of carbonyl (C=O) groups excluding carboxylic acids is 4. The molecule has 11 nitrogen and oxygen atoms in total. The van der Waals surface area contributed by atoms with E-state index in [1.807, 2.05) is 64.2 Å². The minimum atomic E-state index is -2.54. The third-order valence-electron chi connectivity index (χ3n) is 6.59. The Bertz CT molecular complexity index is 1090. The van der Waals surface area contributed by atoms with E-state index in [1.165, 1.54) is 11.8 Å². The molecular weight excluding hydrogens is 592 g/mol. The second kappa shape index (κ2) is 13.4. The van der Waals surface area contributed by atoms with Crippen molar-refractivity contribution in [1.29, 1.82) is 0 Å². The molecule has 1 aromatic rings. The van der Waals surface area contributed by atoms with E-state index in [0.717, 1.165) is 19.8 Å². The zero-order valence-corrected chi connectivity index (χ0v) is 26.1. The Morgan fingerprint density at radius 1 is 1.10 bits per heavy atom. The van der Waals surface area contributed by atoms with Crippen molar-refractivity contribution in [2.75, 3.05) is 20.8 Å². The lowest BCUT2D eigenvalue weighted by Crippen LogP contribution is -2.51. The van der Waals surface area contributed by atoms with Gasteiger partial charge >= 0.3 is 24.1 Å². The molecule has 2 rings (SSSR count). The second-order valence-corrected chi connectivity index (χ2v) is 16.1. The fourth-order valence-corrected chi connectivity index (χ4v) is 5.28. The van der Waals surface area contributed by atoms with Gasteiger partial charge in [-0.05, 0) is 39.6 Å². The summed E-state index contributed by atoms with van der Waals surface area (Å²) in [4.78, 5) is 51.2. The topological polar surface area (TPSA) is 129 Å². The first-order chi connectivity index (χ1) is 18.1. The first-order valence-electron chi connectivity index (χ1n) is 12.3. The fraction of sp³-hybridized carbons (Fsp3) is 0.538. The Labute approximate surface area is 238 Å². The van der Waals surface area contributed by atoms with Crippen LogP contribution in [0.1, 0.15) is 33.3 Å². The van der Waals surface area contributed by atoms with Crippen LogP contribution in [0.25, 0.3) is 0 Å². The number of amides is 2. The summed E-state index contributed by atoms with van der Waals surface area (Å²) < 4.78 is 27.3. The number of rotatable bonds is 10. The van der Waals surface area contributed by atoms with Crippen LogP contribution in [0.4, 0.5) is 9.59 Å². The molecule has 39 heavy (non-hydrogen) atoms. The van der Waals surface area contributed by atoms with Crippen LogP contribution in [0.15, 0.2) is 40.5 Å². The summed E-state index contributed by atoms with van der Waals surface area (Å²) in [5.41, 5.74) is 0.497. The molecule has 1 aromatic carbocycles. The maximum atomic E-state index is 12.9. The number of halogens is 1. The van der Waals surface area contributed by atoms with Crippen molar-refractivity contribution in [2.45, 2.75) is 70.7 Å². The summed E-state index contributed by atoms with van der Waals surface area (Å²) in [6, 6.07) is 8.71. The number of hydrogen-bond acceptors (Lipinski definition) is 9. The normalized spacial score (nSPS) is 17.3. The van der Waals surface area contributed by atoms with E-state index in [2.05, 4.69) is 26.0 Å². The molecule has 1 heterocycles. The van der Waals surface area contributed by atoms with Crippen molar-refractivity contribution >= 4 is 48.4 Å². The van der Waals surface area contributed by atoms with Crippen molar-refractivity contribution in [1.82, 2.24) is 10.2 Å². The van der Waals surface area contributed by atoms with Crippen LogP contribution < -0.4 is 5.32 Å². The zero-order chi connectivity index (χ0) is 29.5. The molecule has 1 aliphatic heterocycles. The largest absolute Gasteiger partial charge is 0.464 e. The highest BCUT2D eigenvalue weighted by molar-refractivity contribution is 9.11. The van der Waals surface area contributed by atoms with Crippen molar-refractivity contribution in [3.63, 3.8) is 0 Å². The quantitative estimate of drug-likeness (QED) is 0.131. The molecule has 0 unspecified atom stereocenters. The standard InChI is InChI=1S/C26H37BrN2O9Si/c1-16(30)37-22(19(27)20(23(31)34-5)28-24(32)35-6)21(38-39(7,8)26(2,3)4)18-14-29(18)25(33)36-15-17-12-10-9-11-13-17/h9-13,18,21-22H,14-15H2,1-8H3,(H,28,32)/b20-19-/t18-,21+,22+,29?/m0/s1. The van der Waals surface area contributed by atoms with Gasteiger partial charge in [-0.15, -0.1) is 0 Å². The average molecular weight is 630 g/mol. The number of benzene rings is 1. The Hall–Kier alpha value is -2.90. The summed E-state index contributed by atoms with van der Waals surface area (Å²) in [6.45, 7) is 11.7. The number of methoxy groups -OCH3 is 2. The van der Waals surface area contributed by atoms with Crippen molar-refractivity contribution < 1.29 is 42.6 Å². The van der Waals surface area contributed by atoms with E-state index >= 15 is 0 Å². The molecule has 1 N–H and O–H groups in total. The first kappa shape index (κ1) is 32.3.